The minimum Gasteiger partial charge on any atom is -0.301 e. The molecule has 0 saturated carbocycles. The number of aromatic nitrogens is 2. The topological polar surface area (TPSA) is 37.8 Å². The second-order valence-corrected chi connectivity index (χ2v) is 5.95. The summed E-state index contributed by atoms with van der Waals surface area (Å²) in [5, 5.41) is 4.67. The highest BCUT2D eigenvalue weighted by Crippen LogP contribution is 2.24. The molecular weight excluding hydrogens is 242 g/mol. The number of pyridine rings is 1. The maximum Gasteiger partial charge on any atom is 0.0900 e. The number of hydrogen-bond donors (Lipinski definition) is 1. The molecule has 0 amide bonds. The van der Waals surface area contributed by atoms with Crippen molar-refractivity contribution in [3.8, 4) is 0 Å². The standard InChI is InChI=1S/C14H19N3S/c1-9(13-7-5-6-8-15-13)16-10(2)14-11(3)18-12(4)17-14/h5-10,16H,1-4H3/t9-,10?/m0/s1. The molecule has 18 heavy (non-hydrogen) atoms. The van der Waals surface area contributed by atoms with Gasteiger partial charge in [0.15, 0.2) is 0 Å². The van der Waals surface area contributed by atoms with Gasteiger partial charge in [-0.15, -0.1) is 11.3 Å². The lowest BCUT2D eigenvalue weighted by atomic mass is 10.1. The fourth-order valence-electron chi connectivity index (χ4n) is 2.12. The quantitative estimate of drug-likeness (QED) is 0.914. The van der Waals surface area contributed by atoms with Crippen LogP contribution in [0.3, 0.4) is 0 Å². The number of aryl methyl sites for hydroxylation is 2. The molecule has 0 aliphatic heterocycles. The molecule has 0 saturated heterocycles. The zero-order valence-electron chi connectivity index (χ0n) is 11.3. The normalized spacial score (nSPS) is 14.4. The van der Waals surface area contributed by atoms with Crippen molar-refractivity contribution in [2.45, 2.75) is 39.8 Å². The van der Waals surface area contributed by atoms with Crippen molar-refractivity contribution in [2.24, 2.45) is 0 Å². The van der Waals surface area contributed by atoms with Crippen LogP contribution in [0.4, 0.5) is 0 Å². The van der Waals surface area contributed by atoms with E-state index in [1.54, 1.807) is 11.3 Å². The zero-order valence-corrected chi connectivity index (χ0v) is 12.1. The monoisotopic (exact) mass is 261 g/mol. The van der Waals surface area contributed by atoms with Crippen LogP contribution >= 0.6 is 11.3 Å². The highest BCUT2D eigenvalue weighted by molar-refractivity contribution is 7.11. The Morgan fingerprint density at radius 3 is 2.50 bits per heavy atom. The summed E-state index contributed by atoms with van der Waals surface area (Å²) in [4.78, 5) is 10.3. The van der Waals surface area contributed by atoms with E-state index >= 15 is 0 Å². The molecule has 0 aliphatic carbocycles. The minimum absolute atomic E-state index is 0.225. The van der Waals surface area contributed by atoms with E-state index in [-0.39, 0.29) is 12.1 Å². The van der Waals surface area contributed by atoms with Crippen LogP contribution in [0.2, 0.25) is 0 Å². The molecule has 1 N–H and O–H groups in total. The van der Waals surface area contributed by atoms with E-state index in [1.807, 2.05) is 24.4 Å². The maximum absolute atomic E-state index is 4.59. The first kappa shape index (κ1) is 13.2. The van der Waals surface area contributed by atoms with Gasteiger partial charge in [-0.1, -0.05) is 6.07 Å². The average molecular weight is 261 g/mol. The lowest BCUT2D eigenvalue weighted by Crippen LogP contribution is -2.23. The average Bonchev–Trinajstić information content (AvgIpc) is 2.69. The lowest BCUT2D eigenvalue weighted by Gasteiger charge is -2.18. The molecule has 0 aromatic carbocycles. The molecule has 0 bridgehead atoms. The van der Waals surface area contributed by atoms with Gasteiger partial charge in [-0.3, -0.25) is 4.98 Å². The second kappa shape index (κ2) is 5.59. The van der Waals surface area contributed by atoms with E-state index in [0.29, 0.717) is 0 Å². The molecule has 0 fully saturated rings. The van der Waals surface area contributed by atoms with Gasteiger partial charge in [-0.25, -0.2) is 4.98 Å². The van der Waals surface area contributed by atoms with Crippen molar-refractivity contribution in [3.63, 3.8) is 0 Å². The maximum atomic E-state index is 4.59. The van der Waals surface area contributed by atoms with Gasteiger partial charge >= 0.3 is 0 Å². The first-order valence-corrected chi connectivity index (χ1v) is 7.00. The van der Waals surface area contributed by atoms with Crippen molar-refractivity contribution in [3.05, 3.63) is 45.7 Å². The highest BCUT2D eigenvalue weighted by atomic mass is 32.1. The van der Waals surface area contributed by atoms with Gasteiger partial charge in [0.05, 0.1) is 16.4 Å². The molecule has 2 aromatic rings. The molecule has 0 radical (unpaired) electrons. The van der Waals surface area contributed by atoms with E-state index in [1.165, 1.54) is 4.88 Å². The third-order valence-electron chi connectivity index (χ3n) is 2.98. The van der Waals surface area contributed by atoms with Gasteiger partial charge in [-0.05, 0) is 39.8 Å². The van der Waals surface area contributed by atoms with Crippen LogP contribution in [0, 0.1) is 13.8 Å². The van der Waals surface area contributed by atoms with Crippen molar-refractivity contribution in [1.82, 2.24) is 15.3 Å². The highest BCUT2D eigenvalue weighted by Gasteiger charge is 2.16. The molecular formula is C14H19N3S. The van der Waals surface area contributed by atoms with Crippen molar-refractivity contribution in [2.75, 3.05) is 0 Å². The third kappa shape index (κ3) is 2.94. The number of thiazole rings is 1. The van der Waals surface area contributed by atoms with E-state index in [4.69, 9.17) is 0 Å². The third-order valence-corrected chi connectivity index (χ3v) is 3.88. The molecule has 3 nitrogen and oxygen atoms in total. The molecule has 2 heterocycles. The fourth-order valence-corrected chi connectivity index (χ4v) is 3.03. The Morgan fingerprint density at radius 2 is 1.94 bits per heavy atom. The summed E-state index contributed by atoms with van der Waals surface area (Å²) in [6.45, 7) is 8.47. The van der Waals surface area contributed by atoms with Crippen LogP contribution in [0.1, 0.15) is 47.2 Å². The Labute approximate surface area is 112 Å². The van der Waals surface area contributed by atoms with Crippen LogP contribution < -0.4 is 5.32 Å². The van der Waals surface area contributed by atoms with Gasteiger partial charge < -0.3 is 5.32 Å². The van der Waals surface area contributed by atoms with Crippen LogP contribution in [0.25, 0.3) is 0 Å². The van der Waals surface area contributed by atoms with Crippen LogP contribution in [0.5, 0.6) is 0 Å². The molecule has 0 spiro atoms. The van der Waals surface area contributed by atoms with E-state index < -0.39 is 0 Å². The summed E-state index contributed by atoms with van der Waals surface area (Å²) in [5.74, 6) is 0. The Morgan fingerprint density at radius 1 is 1.17 bits per heavy atom. The molecule has 1 unspecified atom stereocenters. The van der Waals surface area contributed by atoms with Gasteiger partial charge in [-0.2, -0.15) is 0 Å². The summed E-state index contributed by atoms with van der Waals surface area (Å²) in [6.07, 6.45) is 1.83. The Hall–Kier alpha value is -1.26. The predicted molar refractivity (Wildman–Crippen MR) is 75.8 cm³/mol. The fraction of sp³-hybridized carbons (Fsp3) is 0.429. The SMILES string of the molecule is Cc1nc(C(C)N[C@@H](C)c2ccccn2)c(C)s1. The Balaban J connectivity index is 2.08. The number of nitrogens with zero attached hydrogens (tertiary/aromatic N) is 2. The summed E-state index contributed by atoms with van der Waals surface area (Å²) < 4.78 is 0. The first-order valence-electron chi connectivity index (χ1n) is 6.19. The molecule has 2 rings (SSSR count). The lowest BCUT2D eigenvalue weighted by molar-refractivity contribution is 0.478. The van der Waals surface area contributed by atoms with E-state index in [0.717, 1.165) is 16.4 Å². The minimum atomic E-state index is 0.225. The number of rotatable bonds is 4. The molecule has 2 aromatic heterocycles. The first-order chi connectivity index (χ1) is 8.58. The molecule has 4 heteroatoms. The summed E-state index contributed by atoms with van der Waals surface area (Å²) in [5.41, 5.74) is 2.22. The molecule has 2 atom stereocenters. The van der Waals surface area contributed by atoms with Crippen LogP contribution in [0.15, 0.2) is 24.4 Å². The zero-order chi connectivity index (χ0) is 13.1. The second-order valence-electron chi connectivity index (χ2n) is 4.54. The summed E-state index contributed by atoms with van der Waals surface area (Å²) in [7, 11) is 0. The van der Waals surface area contributed by atoms with Crippen LogP contribution in [-0.4, -0.2) is 9.97 Å². The van der Waals surface area contributed by atoms with E-state index in [2.05, 4.69) is 43.0 Å². The van der Waals surface area contributed by atoms with Gasteiger partial charge in [0.1, 0.15) is 0 Å². The summed E-state index contributed by atoms with van der Waals surface area (Å²) >= 11 is 1.75. The largest absolute Gasteiger partial charge is 0.301 e. The Bertz CT molecular complexity index is 507. The van der Waals surface area contributed by atoms with Crippen molar-refractivity contribution in [1.29, 1.82) is 0 Å². The summed E-state index contributed by atoms with van der Waals surface area (Å²) in [6, 6.07) is 6.47. The smallest absolute Gasteiger partial charge is 0.0900 e. The number of hydrogen-bond acceptors (Lipinski definition) is 4. The van der Waals surface area contributed by atoms with Crippen molar-refractivity contribution >= 4 is 11.3 Å². The molecule has 96 valence electrons. The number of nitrogens with one attached hydrogen (secondary N) is 1. The van der Waals surface area contributed by atoms with Crippen molar-refractivity contribution < 1.29 is 0 Å². The van der Waals surface area contributed by atoms with E-state index in [9.17, 15) is 0 Å². The van der Waals surface area contributed by atoms with Gasteiger partial charge in [0.25, 0.3) is 0 Å². The Kier molecular flexibility index (Phi) is 4.09. The van der Waals surface area contributed by atoms with Gasteiger partial charge in [0, 0.05) is 23.2 Å². The predicted octanol–water partition coefficient (Wildman–Crippen LogP) is 3.57. The van der Waals surface area contributed by atoms with Gasteiger partial charge in [0.2, 0.25) is 0 Å². The van der Waals surface area contributed by atoms with Crippen LogP contribution in [-0.2, 0) is 0 Å². The molecule has 0 aliphatic rings.